The van der Waals surface area contributed by atoms with Crippen LogP contribution in [0, 0.1) is 0 Å². The third-order valence-electron chi connectivity index (χ3n) is 4.02. The Morgan fingerprint density at radius 1 is 0.810 bits per heavy atom. The molecule has 0 bridgehead atoms. The largest absolute Gasteiger partial charge is 0.453 e. The highest BCUT2D eigenvalue weighted by Crippen LogP contribution is 2.46. The number of nitrogens with zero attached hydrogens (tertiary/aromatic N) is 1. The van der Waals surface area contributed by atoms with Gasteiger partial charge in [0.25, 0.3) is 0 Å². The summed E-state index contributed by atoms with van der Waals surface area (Å²) < 4.78 is 9.44. The highest BCUT2D eigenvalue weighted by atomic mass is 79.9. The molecular weight excluding hydrogens is 326 g/mol. The molecule has 3 heteroatoms. The van der Waals surface area contributed by atoms with Crippen LogP contribution in [0.4, 0.5) is 0 Å². The van der Waals surface area contributed by atoms with Crippen molar-refractivity contribution in [2.24, 2.45) is 0 Å². The smallest absolute Gasteiger partial charge is 0.153 e. The van der Waals surface area contributed by atoms with Crippen LogP contribution in [-0.2, 0) is 0 Å². The average molecular weight is 336 g/mol. The minimum absolute atomic E-state index is 0.894. The second kappa shape index (κ2) is 3.89. The number of ether oxygens (including phenoxy) is 1. The summed E-state index contributed by atoms with van der Waals surface area (Å²) in [7, 11) is 0. The van der Waals surface area contributed by atoms with E-state index in [4.69, 9.17) is 4.74 Å². The molecule has 1 aliphatic heterocycles. The molecule has 0 aliphatic carbocycles. The lowest BCUT2D eigenvalue weighted by Gasteiger charge is -2.20. The molecule has 1 aromatic heterocycles. The van der Waals surface area contributed by atoms with Crippen molar-refractivity contribution in [3.63, 3.8) is 0 Å². The zero-order valence-electron chi connectivity index (χ0n) is 11.0. The molecular formula is C18H10BrNO. The van der Waals surface area contributed by atoms with Gasteiger partial charge in [0.1, 0.15) is 0 Å². The fourth-order valence-electron chi connectivity index (χ4n) is 3.20. The van der Waals surface area contributed by atoms with E-state index in [1.165, 1.54) is 16.3 Å². The molecule has 0 fully saturated rings. The van der Waals surface area contributed by atoms with Gasteiger partial charge in [-0.3, -0.25) is 0 Å². The van der Waals surface area contributed by atoms with Crippen LogP contribution in [0.25, 0.3) is 27.5 Å². The molecule has 0 spiro atoms. The molecule has 100 valence electrons. The third-order valence-corrected chi connectivity index (χ3v) is 4.48. The minimum atomic E-state index is 0.894. The number of aromatic nitrogens is 1. The van der Waals surface area contributed by atoms with E-state index >= 15 is 0 Å². The van der Waals surface area contributed by atoms with Gasteiger partial charge in [0.05, 0.1) is 16.7 Å². The second-order valence-corrected chi connectivity index (χ2v) is 6.14. The lowest BCUT2D eigenvalue weighted by Crippen LogP contribution is -2.03. The van der Waals surface area contributed by atoms with Crippen LogP contribution in [0.15, 0.2) is 65.1 Å². The van der Waals surface area contributed by atoms with Gasteiger partial charge in [-0.1, -0.05) is 46.3 Å². The molecule has 21 heavy (non-hydrogen) atoms. The van der Waals surface area contributed by atoms with Crippen molar-refractivity contribution in [2.75, 3.05) is 0 Å². The molecule has 2 nitrogen and oxygen atoms in total. The normalized spacial score (nSPS) is 12.4. The molecule has 0 unspecified atom stereocenters. The highest BCUT2D eigenvalue weighted by Gasteiger charge is 2.23. The molecule has 0 N–H and O–H groups in total. The zero-order chi connectivity index (χ0) is 14.0. The Bertz CT molecular complexity index is 1030. The first kappa shape index (κ1) is 11.4. The predicted octanol–water partition coefficient (Wildman–Crippen LogP) is 5.65. The zero-order valence-corrected chi connectivity index (χ0v) is 12.6. The Hall–Kier alpha value is -2.26. The predicted molar refractivity (Wildman–Crippen MR) is 88.6 cm³/mol. The van der Waals surface area contributed by atoms with Gasteiger partial charge in [-0.15, -0.1) is 0 Å². The summed E-state index contributed by atoms with van der Waals surface area (Å²) in [5.41, 5.74) is 3.44. The summed E-state index contributed by atoms with van der Waals surface area (Å²) in [5, 5.41) is 2.46. The average Bonchev–Trinajstić information content (AvgIpc) is 2.84. The summed E-state index contributed by atoms with van der Waals surface area (Å²) in [4.78, 5) is 0. The van der Waals surface area contributed by atoms with Gasteiger partial charge in [-0.05, 0) is 30.3 Å². The molecule has 0 atom stereocenters. The summed E-state index contributed by atoms with van der Waals surface area (Å²) in [6, 6.07) is 20.9. The van der Waals surface area contributed by atoms with E-state index in [0.717, 1.165) is 27.2 Å². The lowest BCUT2D eigenvalue weighted by molar-refractivity contribution is 0.476. The molecule has 0 saturated carbocycles. The number of fused-ring (bicyclic) bond motifs is 5. The van der Waals surface area contributed by atoms with Crippen molar-refractivity contribution in [3.8, 4) is 17.2 Å². The van der Waals surface area contributed by atoms with Crippen LogP contribution in [0.3, 0.4) is 0 Å². The Morgan fingerprint density at radius 3 is 2.57 bits per heavy atom. The van der Waals surface area contributed by atoms with E-state index in [1.54, 1.807) is 0 Å². The number of benzene rings is 3. The fourth-order valence-corrected chi connectivity index (χ4v) is 3.64. The quantitative estimate of drug-likeness (QED) is 0.356. The van der Waals surface area contributed by atoms with Gasteiger partial charge < -0.3 is 9.30 Å². The van der Waals surface area contributed by atoms with E-state index in [-0.39, 0.29) is 0 Å². The van der Waals surface area contributed by atoms with Gasteiger partial charge in [0.2, 0.25) is 0 Å². The first-order valence-corrected chi connectivity index (χ1v) is 7.62. The summed E-state index contributed by atoms with van der Waals surface area (Å²) in [6.07, 6.45) is 0. The SMILES string of the molecule is Brc1cc2c3c(c1)c1ccccc1n3-c1ccccc1O2. The first-order valence-electron chi connectivity index (χ1n) is 6.83. The lowest BCUT2D eigenvalue weighted by atomic mass is 10.1. The molecule has 2 heterocycles. The van der Waals surface area contributed by atoms with Crippen LogP contribution < -0.4 is 4.74 Å². The molecule has 0 amide bonds. The number of hydrogen-bond donors (Lipinski definition) is 0. The van der Waals surface area contributed by atoms with Crippen molar-refractivity contribution in [3.05, 3.63) is 65.1 Å². The van der Waals surface area contributed by atoms with Gasteiger partial charge >= 0.3 is 0 Å². The maximum atomic E-state index is 6.11. The van der Waals surface area contributed by atoms with Gasteiger partial charge in [-0.2, -0.15) is 0 Å². The van der Waals surface area contributed by atoms with E-state index in [1.807, 2.05) is 24.3 Å². The van der Waals surface area contributed by atoms with Crippen LogP contribution in [0.1, 0.15) is 0 Å². The van der Waals surface area contributed by atoms with Crippen LogP contribution >= 0.6 is 15.9 Å². The molecule has 0 radical (unpaired) electrons. The molecule has 1 aliphatic rings. The molecule has 4 aromatic rings. The topological polar surface area (TPSA) is 14.2 Å². The van der Waals surface area contributed by atoms with Crippen LogP contribution in [-0.4, -0.2) is 4.57 Å². The van der Waals surface area contributed by atoms with E-state index in [9.17, 15) is 0 Å². The summed E-state index contributed by atoms with van der Waals surface area (Å²) >= 11 is 3.59. The minimum Gasteiger partial charge on any atom is -0.453 e. The Kier molecular flexibility index (Phi) is 2.11. The second-order valence-electron chi connectivity index (χ2n) is 5.22. The van der Waals surface area contributed by atoms with Gasteiger partial charge in [0.15, 0.2) is 11.5 Å². The molecule has 0 saturated heterocycles. The Labute approximate surface area is 129 Å². The van der Waals surface area contributed by atoms with Crippen molar-refractivity contribution >= 4 is 37.7 Å². The Balaban J connectivity index is 2.11. The highest BCUT2D eigenvalue weighted by molar-refractivity contribution is 9.10. The number of para-hydroxylation sites is 3. The molecule has 3 aromatic carbocycles. The fraction of sp³-hybridized carbons (Fsp3) is 0. The van der Waals surface area contributed by atoms with Crippen molar-refractivity contribution in [1.82, 2.24) is 4.57 Å². The van der Waals surface area contributed by atoms with E-state index in [2.05, 4.69) is 56.9 Å². The van der Waals surface area contributed by atoms with E-state index < -0.39 is 0 Å². The first-order chi connectivity index (χ1) is 10.3. The monoisotopic (exact) mass is 335 g/mol. The maximum Gasteiger partial charge on any atom is 0.153 e. The van der Waals surface area contributed by atoms with Gasteiger partial charge in [0, 0.05) is 15.2 Å². The van der Waals surface area contributed by atoms with E-state index in [0.29, 0.717) is 0 Å². The number of halogens is 1. The summed E-state index contributed by atoms with van der Waals surface area (Å²) in [5.74, 6) is 1.79. The Morgan fingerprint density at radius 2 is 1.62 bits per heavy atom. The van der Waals surface area contributed by atoms with Crippen molar-refractivity contribution < 1.29 is 4.74 Å². The summed E-state index contributed by atoms with van der Waals surface area (Å²) in [6.45, 7) is 0. The van der Waals surface area contributed by atoms with Crippen molar-refractivity contribution in [1.29, 1.82) is 0 Å². The maximum absolute atomic E-state index is 6.11. The van der Waals surface area contributed by atoms with Crippen LogP contribution in [0.2, 0.25) is 0 Å². The molecule has 5 rings (SSSR count). The number of hydrogen-bond acceptors (Lipinski definition) is 1. The standard InChI is InChI=1S/C18H10BrNO/c19-11-9-13-12-5-1-2-6-14(12)20-15-7-3-4-8-16(15)21-17(10-11)18(13)20/h1-10H. The van der Waals surface area contributed by atoms with Gasteiger partial charge in [-0.25, -0.2) is 0 Å². The third kappa shape index (κ3) is 1.41. The van der Waals surface area contributed by atoms with Crippen LogP contribution in [0.5, 0.6) is 11.5 Å². The number of rotatable bonds is 0. The van der Waals surface area contributed by atoms with Crippen molar-refractivity contribution in [2.45, 2.75) is 0 Å².